The molecule has 0 saturated heterocycles. The van der Waals surface area contributed by atoms with Crippen LogP contribution in [0.3, 0.4) is 0 Å². The van der Waals surface area contributed by atoms with Gasteiger partial charge in [-0.3, -0.25) is 9.52 Å². The van der Waals surface area contributed by atoms with Gasteiger partial charge in [-0.1, -0.05) is 19.9 Å². The monoisotopic (exact) mass is 270 g/mol. The van der Waals surface area contributed by atoms with Crippen LogP contribution in [0.15, 0.2) is 24.3 Å². The summed E-state index contributed by atoms with van der Waals surface area (Å²) in [6, 6.07) is 6.61. The highest BCUT2D eigenvalue weighted by atomic mass is 32.2. The SMILES string of the molecule is CC[C@H](C)C(=O)Nc1cccc(NS(C)(=O)=O)c1. The number of rotatable bonds is 5. The van der Waals surface area contributed by atoms with Gasteiger partial charge in [0.05, 0.1) is 11.9 Å². The van der Waals surface area contributed by atoms with Gasteiger partial charge in [-0.15, -0.1) is 0 Å². The normalized spacial score (nSPS) is 12.8. The highest BCUT2D eigenvalue weighted by Crippen LogP contribution is 2.17. The van der Waals surface area contributed by atoms with E-state index in [1.54, 1.807) is 24.3 Å². The van der Waals surface area contributed by atoms with Crippen molar-refractivity contribution in [1.82, 2.24) is 0 Å². The summed E-state index contributed by atoms with van der Waals surface area (Å²) in [5.41, 5.74) is 1.01. The maximum atomic E-state index is 11.7. The predicted molar refractivity (Wildman–Crippen MR) is 73.0 cm³/mol. The van der Waals surface area contributed by atoms with Crippen molar-refractivity contribution >= 4 is 27.3 Å². The summed E-state index contributed by atoms with van der Waals surface area (Å²) in [5, 5.41) is 2.75. The number of hydrogen-bond donors (Lipinski definition) is 2. The Kier molecular flexibility index (Phi) is 4.72. The van der Waals surface area contributed by atoms with E-state index in [-0.39, 0.29) is 11.8 Å². The fourth-order valence-electron chi connectivity index (χ4n) is 1.33. The van der Waals surface area contributed by atoms with Gasteiger partial charge < -0.3 is 5.32 Å². The highest BCUT2D eigenvalue weighted by molar-refractivity contribution is 7.92. The Labute approximate surface area is 108 Å². The van der Waals surface area contributed by atoms with E-state index in [4.69, 9.17) is 0 Å². The molecule has 0 spiro atoms. The first-order chi connectivity index (χ1) is 8.31. The van der Waals surface area contributed by atoms with Gasteiger partial charge in [0.15, 0.2) is 0 Å². The molecule has 0 aliphatic heterocycles. The van der Waals surface area contributed by atoms with Crippen LogP contribution in [-0.2, 0) is 14.8 Å². The molecule has 1 aromatic rings. The molecule has 0 aliphatic rings. The first-order valence-electron chi connectivity index (χ1n) is 5.70. The molecule has 0 aliphatic carbocycles. The second kappa shape index (κ2) is 5.86. The Morgan fingerprint density at radius 1 is 1.33 bits per heavy atom. The number of benzene rings is 1. The third-order valence-electron chi connectivity index (χ3n) is 2.49. The minimum absolute atomic E-state index is 0.0727. The molecular formula is C12H18N2O3S. The molecule has 1 aromatic carbocycles. The molecule has 1 amide bonds. The van der Waals surface area contributed by atoms with Crippen molar-refractivity contribution in [2.24, 2.45) is 5.92 Å². The van der Waals surface area contributed by atoms with Crippen LogP contribution >= 0.6 is 0 Å². The molecule has 18 heavy (non-hydrogen) atoms. The number of anilines is 2. The van der Waals surface area contributed by atoms with Gasteiger partial charge in [0.25, 0.3) is 0 Å². The summed E-state index contributed by atoms with van der Waals surface area (Å²) in [6.07, 6.45) is 1.84. The number of sulfonamides is 1. The van der Waals surface area contributed by atoms with Crippen molar-refractivity contribution in [3.8, 4) is 0 Å². The second-order valence-electron chi connectivity index (χ2n) is 4.25. The number of hydrogen-bond acceptors (Lipinski definition) is 3. The molecule has 5 nitrogen and oxygen atoms in total. The second-order valence-corrected chi connectivity index (χ2v) is 6.00. The van der Waals surface area contributed by atoms with Crippen molar-refractivity contribution in [2.75, 3.05) is 16.3 Å². The van der Waals surface area contributed by atoms with Crippen LogP contribution in [0.25, 0.3) is 0 Å². The van der Waals surface area contributed by atoms with Gasteiger partial charge in [-0.05, 0) is 24.6 Å². The third-order valence-corrected chi connectivity index (χ3v) is 3.10. The Bertz CT molecular complexity index is 526. The molecule has 1 atom stereocenters. The third kappa shape index (κ3) is 4.75. The van der Waals surface area contributed by atoms with E-state index < -0.39 is 10.0 Å². The summed E-state index contributed by atoms with van der Waals surface area (Å²) in [7, 11) is -3.31. The lowest BCUT2D eigenvalue weighted by Crippen LogP contribution is -2.19. The molecule has 0 bridgehead atoms. The molecule has 1 rings (SSSR count). The van der Waals surface area contributed by atoms with Crippen LogP contribution in [0.5, 0.6) is 0 Å². The van der Waals surface area contributed by atoms with E-state index in [0.717, 1.165) is 12.7 Å². The number of nitrogens with one attached hydrogen (secondary N) is 2. The quantitative estimate of drug-likeness (QED) is 0.859. The van der Waals surface area contributed by atoms with Crippen molar-refractivity contribution in [3.05, 3.63) is 24.3 Å². The summed E-state index contributed by atoms with van der Waals surface area (Å²) in [6.45, 7) is 3.78. The average molecular weight is 270 g/mol. The maximum absolute atomic E-state index is 11.7. The van der Waals surface area contributed by atoms with Gasteiger partial charge in [0.1, 0.15) is 0 Å². The molecule has 0 aromatic heterocycles. The Morgan fingerprint density at radius 2 is 1.94 bits per heavy atom. The largest absolute Gasteiger partial charge is 0.326 e. The zero-order valence-electron chi connectivity index (χ0n) is 10.7. The lowest BCUT2D eigenvalue weighted by atomic mass is 10.1. The summed E-state index contributed by atoms with van der Waals surface area (Å²) < 4.78 is 24.5. The molecule has 0 radical (unpaired) electrons. The van der Waals surface area contributed by atoms with Crippen LogP contribution < -0.4 is 10.0 Å². The first kappa shape index (κ1) is 14.5. The number of amides is 1. The standard InChI is InChI=1S/C12H18N2O3S/c1-4-9(2)12(15)13-10-6-5-7-11(8-10)14-18(3,16)17/h5-9,14H,4H2,1-3H3,(H,13,15)/t9-/m0/s1. The molecule has 2 N–H and O–H groups in total. The highest BCUT2D eigenvalue weighted by Gasteiger charge is 2.10. The van der Waals surface area contributed by atoms with E-state index in [9.17, 15) is 13.2 Å². The summed E-state index contributed by atoms with van der Waals surface area (Å²) in [4.78, 5) is 11.7. The van der Waals surface area contributed by atoms with Crippen LogP contribution in [-0.4, -0.2) is 20.6 Å². The topological polar surface area (TPSA) is 75.3 Å². The van der Waals surface area contributed by atoms with Gasteiger partial charge >= 0.3 is 0 Å². The first-order valence-corrected chi connectivity index (χ1v) is 7.59. The fraction of sp³-hybridized carbons (Fsp3) is 0.417. The zero-order valence-corrected chi connectivity index (χ0v) is 11.5. The average Bonchev–Trinajstić information content (AvgIpc) is 2.26. The van der Waals surface area contributed by atoms with Crippen LogP contribution in [0.1, 0.15) is 20.3 Å². The Balaban J connectivity index is 2.80. The molecule has 0 saturated carbocycles. The maximum Gasteiger partial charge on any atom is 0.229 e. The minimum atomic E-state index is -3.31. The number of carbonyl (C=O) groups excluding carboxylic acids is 1. The van der Waals surface area contributed by atoms with Crippen LogP contribution in [0, 0.1) is 5.92 Å². The molecule has 100 valence electrons. The van der Waals surface area contributed by atoms with Crippen molar-refractivity contribution < 1.29 is 13.2 Å². The zero-order chi connectivity index (χ0) is 13.8. The molecule has 0 heterocycles. The van der Waals surface area contributed by atoms with E-state index in [0.29, 0.717) is 11.4 Å². The van der Waals surface area contributed by atoms with E-state index in [1.165, 1.54) is 0 Å². The van der Waals surface area contributed by atoms with Gasteiger partial charge in [0.2, 0.25) is 15.9 Å². The lowest BCUT2D eigenvalue weighted by molar-refractivity contribution is -0.119. The Hall–Kier alpha value is -1.56. The summed E-state index contributed by atoms with van der Waals surface area (Å²) in [5.74, 6) is -0.148. The lowest BCUT2D eigenvalue weighted by Gasteiger charge is -2.11. The molecule has 0 fully saturated rings. The van der Waals surface area contributed by atoms with E-state index in [1.807, 2.05) is 13.8 Å². The fourth-order valence-corrected chi connectivity index (χ4v) is 1.88. The van der Waals surface area contributed by atoms with Gasteiger partial charge in [-0.2, -0.15) is 0 Å². The van der Waals surface area contributed by atoms with Crippen molar-refractivity contribution in [3.63, 3.8) is 0 Å². The molecule has 0 unspecified atom stereocenters. The Morgan fingerprint density at radius 3 is 2.50 bits per heavy atom. The van der Waals surface area contributed by atoms with E-state index in [2.05, 4.69) is 10.0 Å². The van der Waals surface area contributed by atoms with Crippen molar-refractivity contribution in [2.45, 2.75) is 20.3 Å². The van der Waals surface area contributed by atoms with Gasteiger partial charge in [0, 0.05) is 11.6 Å². The smallest absolute Gasteiger partial charge is 0.229 e. The van der Waals surface area contributed by atoms with Crippen molar-refractivity contribution in [1.29, 1.82) is 0 Å². The number of carbonyl (C=O) groups is 1. The predicted octanol–water partition coefficient (Wildman–Crippen LogP) is 2.04. The molecular weight excluding hydrogens is 252 g/mol. The minimum Gasteiger partial charge on any atom is -0.326 e. The van der Waals surface area contributed by atoms with Gasteiger partial charge in [-0.25, -0.2) is 8.42 Å². The summed E-state index contributed by atoms with van der Waals surface area (Å²) >= 11 is 0. The van der Waals surface area contributed by atoms with E-state index >= 15 is 0 Å². The van der Waals surface area contributed by atoms with Crippen LogP contribution in [0.4, 0.5) is 11.4 Å². The molecule has 6 heteroatoms. The van der Waals surface area contributed by atoms with Crippen LogP contribution in [0.2, 0.25) is 0 Å².